The van der Waals surface area contributed by atoms with Crippen LogP contribution in [0.1, 0.15) is 12.0 Å². The van der Waals surface area contributed by atoms with E-state index >= 15 is 0 Å². The van der Waals surface area contributed by atoms with Crippen LogP contribution in [0.3, 0.4) is 0 Å². The minimum absolute atomic E-state index is 0.250. The minimum atomic E-state index is -2.86. The van der Waals surface area contributed by atoms with Crippen molar-refractivity contribution in [2.75, 3.05) is 30.3 Å². The molecule has 1 aliphatic rings. The number of sulfone groups is 1. The summed E-state index contributed by atoms with van der Waals surface area (Å²) in [5.74, 6) is 0.553. The molecule has 0 aliphatic carbocycles. The summed E-state index contributed by atoms with van der Waals surface area (Å²) in [6.45, 7) is 2.12. The lowest BCUT2D eigenvalue weighted by Gasteiger charge is -2.20. The molecule has 1 heterocycles. The molecule has 0 saturated carbocycles. The largest absolute Gasteiger partial charge is 0.398 e. The van der Waals surface area contributed by atoms with Gasteiger partial charge in [0.15, 0.2) is 9.84 Å². The molecule has 2 N–H and O–H groups in total. The van der Waals surface area contributed by atoms with Crippen LogP contribution in [0.4, 0.5) is 5.69 Å². The highest BCUT2D eigenvalue weighted by atomic mass is 32.2. The number of benzene rings is 2. The maximum atomic E-state index is 11.7. The Balaban J connectivity index is 1.82. The van der Waals surface area contributed by atoms with Gasteiger partial charge in [0.05, 0.1) is 11.5 Å². The van der Waals surface area contributed by atoms with Gasteiger partial charge in [-0.3, -0.25) is 4.90 Å². The molecule has 3 rings (SSSR count). The Labute approximate surface area is 125 Å². The fraction of sp³-hybridized carbons (Fsp3) is 0.375. The van der Waals surface area contributed by atoms with Crippen molar-refractivity contribution in [1.29, 1.82) is 0 Å². The number of rotatable bonds is 2. The lowest BCUT2D eigenvalue weighted by molar-refractivity contribution is 0.288. The molecule has 0 radical (unpaired) electrons. The Kier molecular flexibility index (Phi) is 3.87. The van der Waals surface area contributed by atoms with Crippen LogP contribution in [0.2, 0.25) is 0 Å². The van der Waals surface area contributed by atoms with Gasteiger partial charge in [-0.25, -0.2) is 8.42 Å². The van der Waals surface area contributed by atoms with Crippen LogP contribution in [0, 0.1) is 0 Å². The Hall–Kier alpha value is -1.59. The molecule has 1 fully saturated rings. The van der Waals surface area contributed by atoms with Gasteiger partial charge < -0.3 is 5.73 Å². The summed E-state index contributed by atoms with van der Waals surface area (Å²) in [4.78, 5) is 2.19. The SMILES string of the molecule is Nc1cc2ccccc2cc1CN1CCCS(=O)(=O)CC1. The first kappa shape index (κ1) is 14.4. The Morgan fingerprint density at radius 1 is 1.05 bits per heavy atom. The van der Waals surface area contributed by atoms with Crippen molar-refractivity contribution in [2.45, 2.75) is 13.0 Å². The van der Waals surface area contributed by atoms with Crippen LogP contribution >= 0.6 is 0 Å². The Morgan fingerprint density at radius 3 is 2.52 bits per heavy atom. The molecule has 2 aromatic rings. The summed E-state index contributed by atoms with van der Waals surface area (Å²) in [5.41, 5.74) is 8.01. The van der Waals surface area contributed by atoms with E-state index in [-0.39, 0.29) is 5.75 Å². The second-order valence-corrected chi connectivity index (χ2v) is 7.98. The fourth-order valence-electron chi connectivity index (χ4n) is 2.83. The Bertz CT molecular complexity index is 756. The van der Waals surface area contributed by atoms with Gasteiger partial charge in [-0.2, -0.15) is 0 Å². The van der Waals surface area contributed by atoms with Gasteiger partial charge in [0.2, 0.25) is 0 Å². The molecule has 5 heteroatoms. The van der Waals surface area contributed by atoms with Crippen molar-refractivity contribution in [3.05, 3.63) is 42.0 Å². The van der Waals surface area contributed by atoms with Gasteiger partial charge in [-0.05, 0) is 41.4 Å². The van der Waals surface area contributed by atoms with Gasteiger partial charge in [0.25, 0.3) is 0 Å². The van der Waals surface area contributed by atoms with E-state index in [2.05, 4.69) is 17.0 Å². The molecule has 0 spiro atoms. The second-order valence-electron chi connectivity index (χ2n) is 5.68. The number of anilines is 1. The molecule has 21 heavy (non-hydrogen) atoms. The summed E-state index contributed by atoms with van der Waals surface area (Å²) in [6.07, 6.45) is 0.704. The first-order chi connectivity index (χ1) is 10.0. The van der Waals surface area contributed by atoms with Crippen LogP contribution in [0.5, 0.6) is 0 Å². The molecular weight excluding hydrogens is 284 g/mol. The molecule has 0 unspecified atom stereocenters. The van der Waals surface area contributed by atoms with Crippen LogP contribution < -0.4 is 5.73 Å². The van der Waals surface area contributed by atoms with E-state index in [1.807, 2.05) is 24.3 Å². The van der Waals surface area contributed by atoms with Crippen molar-refractivity contribution in [3.8, 4) is 0 Å². The van der Waals surface area contributed by atoms with E-state index in [0.29, 0.717) is 25.3 Å². The summed E-state index contributed by atoms with van der Waals surface area (Å²) in [6, 6.07) is 12.3. The lowest BCUT2D eigenvalue weighted by atomic mass is 10.0. The van der Waals surface area contributed by atoms with Crippen LogP contribution in [0.15, 0.2) is 36.4 Å². The minimum Gasteiger partial charge on any atom is -0.398 e. The monoisotopic (exact) mass is 304 g/mol. The predicted molar refractivity (Wildman–Crippen MR) is 86.9 cm³/mol. The first-order valence-electron chi connectivity index (χ1n) is 7.23. The molecular formula is C16H20N2O2S. The molecule has 0 aromatic heterocycles. The Morgan fingerprint density at radius 2 is 1.76 bits per heavy atom. The maximum Gasteiger partial charge on any atom is 0.151 e. The van der Waals surface area contributed by atoms with Gasteiger partial charge in [0, 0.05) is 18.8 Å². The van der Waals surface area contributed by atoms with Crippen molar-refractivity contribution >= 4 is 26.3 Å². The van der Waals surface area contributed by atoms with Gasteiger partial charge >= 0.3 is 0 Å². The van der Waals surface area contributed by atoms with E-state index in [9.17, 15) is 8.42 Å². The standard InChI is InChI=1S/C16H20N2O2S/c17-16-11-14-5-2-1-4-13(14)10-15(16)12-18-6-3-8-21(19,20)9-7-18/h1-2,4-5,10-11H,3,6-9,12,17H2. The van der Waals surface area contributed by atoms with Crippen LogP contribution in [0.25, 0.3) is 10.8 Å². The van der Waals surface area contributed by atoms with Gasteiger partial charge in [0.1, 0.15) is 0 Å². The average Bonchev–Trinajstić information content (AvgIpc) is 2.61. The summed E-state index contributed by atoms with van der Waals surface area (Å²) in [7, 11) is -2.86. The predicted octanol–water partition coefficient (Wildman–Crippen LogP) is 2.04. The third-order valence-electron chi connectivity index (χ3n) is 4.05. The van der Waals surface area contributed by atoms with Crippen LogP contribution in [-0.2, 0) is 16.4 Å². The quantitative estimate of drug-likeness (QED) is 0.863. The summed E-state index contributed by atoms with van der Waals surface area (Å²) >= 11 is 0. The molecule has 0 atom stereocenters. The zero-order valence-electron chi connectivity index (χ0n) is 12.0. The lowest BCUT2D eigenvalue weighted by Crippen LogP contribution is -2.27. The smallest absolute Gasteiger partial charge is 0.151 e. The number of hydrogen-bond donors (Lipinski definition) is 1. The molecule has 4 nitrogen and oxygen atoms in total. The molecule has 2 aromatic carbocycles. The second kappa shape index (κ2) is 5.66. The maximum absolute atomic E-state index is 11.7. The fourth-order valence-corrected chi connectivity index (χ4v) is 4.14. The van der Waals surface area contributed by atoms with Crippen LogP contribution in [-0.4, -0.2) is 37.9 Å². The zero-order chi connectivity index (χ0) is 14.9. The third kappa shape index (κ3) is 3.36. The number of nitrogen functional groups attached to an aromatic ring is 1. The van der Waals surface area contributed by atoms with Crippen molar-refractivity contribution in [3.63, 3.8) is 0 Å². The molecule has 1 aliphatic heterocycles. The number of nitrogens with two attached hydrogens (primary N) is 1. The molecule has 0 amide bonds. The van der Waals surface area contributed by atoms with Gasteiger partial charge in [-0.1, -0.05) is 24.3 Å². The summed E-state index contributed by atoms with van der Waals surface area (Å²) in [5, 5.41) is 2.31. The van der Waals surface area contributed by atoms with Crippen molar-refractivity contribution in [2.24, 2.45) is 0 Å². The highest BCUT2D eigenvalue weighted by Gasteiger charge is 2.19. The van der Waals surface area contributed by atoms with Gasteiger partial charge in [-0.15, -0.1) is 0 Å². The van der Waals surface area contributed by atoms with E-state index in [1.54, 1.807) is 0 Å². The van der Waals surface area contributed by atoms with Crippen molar-refractivity contribution < 1.29 is 8.42 Å². The topological polar surface area (TPSA) is 63.4 Å². The highest BCUT2D eigenvalue weighted by Crippen LogP contribution is 2.23. The highest BCUT2D eigenvalue weighted by molar-refractivity contribution is 7.91. The number of fused-ring (bicyclic) bond motifs is 1. The van der Waals surface area contributed by atoms with E-state index in [1.165, 1.54) is 5.39 Å². The van der Waals surface area contributed by atoms with E-state index in [4.69, 9.17) is 5.73 Å². The van der Waals surface area contributed by atoms with E-state index in [0.717, 1.165) is 23.2 Å². The number of nitrogens with zero attached hydrogens (tertiary/aromatic N) is 1. The zero-order valence-corrected chi connectivity index (χ0v) is 12.8. The molecule has 0 bridgehead atoms. The van der Waals surface area contributed by atoms with E-state index < -0.39 is 9.84 Å². The summed E-state index contributed by atoms with van der Waals surface area (Å²) < 4.78 is 23.3. The number of hydrogen-bond acceptors (Lipinski definition) is 4. The molecule has 112 valence electrons. The first-order valence-corrected chi connectivity index (χ1v) is 9.06. The average molecular weight is 304 g/mol. The third-order valence-corrected chi connectivity index (χ3v) is 5.76. The normalized spacial score (nSPS) is 19.4. The van der Waals surface area contributed by atoms with Crippen molar-refractivity contribution in [1.82, 2.24) is 4.90 Å². The molecule has 1 saturated heterocycles.